The van der Waals surface area contributed by atoms with Gasteiger partial charge in [-0.15, -0.1) is 0 Å². The Bertz CT molecular complexity index is 518. The van der Waals surface area contributed by atoms with E-state index >= 15 is 0 Å². The topological polar surface area (TPSA) is 128 Å². The lowest BCUT2D eigenvalue weighted by atomic mass is 10.2. The molecule has 2 fully saturated rings. The minimum atomic E-state index is -1.13. The van der Waals surface area contributed by atoms with Crippen LogP contribution >= 0.6 is 0 Å². The maximum atomic E-state index is 12.3. The Kier molecular flexibility index (Phi) is 6.13. The Morgan fingerprint density at radius 1 is 1.21 bits per heavy atom. The molecule has 4 N–H and O–H groups in total. The van der Waals surface area contributed by atoms with Crippen molar-refractivity contribution >= 4 is 23.7 Å². The molecule has 0 radical (unpaired) electrons. The highest BCUT2D eigenvalue weighted by Crippen LogP contribution is 2.17. The summed E-state index contributed by atoms with van der Waals surface area (Å²) in [7, 11) is 0. The predicted molar refractivity (Wildman–Crippen MR) is 84.0 cm³/mol. The molecule has 2 aliphatic heterocycles. The zero-order valence-electron chi connectivity index (χ0n) is 13.7. The summed E-state index contributed by atoms with van der Waals surface area (Å²) in [6.45, 7) is 2.43. The number of aliphatic carboxylic acids is 1. The van der Waals surface area contributed by atoms with Gasteiger partial charge in [0.25, 0.3) is 0 Å². The number of amides is 3. The summed E-state index contributed by atoms with van der Waals surface area (Å²) in [6.07, 6.45) is 2.84. The lowest BCUT2D eigenvalue weighted by Gasteiger charge is -2.25. The molecule has 2 aliphatic rings. The van der Waals surface area contributed by atoms with Gasteiger partial charge in [0.15, 0.2) is 0 Å². The molecule has 0 spiro atoms. The third kappa shape index (κ3) is 4.44. The number of rotatable bonds is 6. The van der Waals surface area contributed by atoms with Crippen LogP contribution in [0.15, 0.2) is 0 Å². The molecule has 3 amide bonds. The number of carboxylic acids is 1. The molecule has 0 aromatic rings. The summed E-state index contributed by atoms with van der Waals surface area (Å²) in [6, 6.07) is -1.95. The Morgan fingerprint density at radius 3 is 2.58 bits per heavy atom. The normalized spacial score (nSPS) is 24.5. The first-order valence-corrected chi connectivity index (χ1v) is 8.24. The van der Waals surface area contributed by atoms with Crippen molar-refractivity contribution in [2.45, 2.75) is 50.7 Å². The van der Waals surface area contributed by atoms with E-state index < -0.39 is 24.0 Å². The third-order valence-electron chi connectivity index (χ3n) is 4.40. The molecule has 134 valence electrons. The maximum Gasteiger partial charge on any atom is 0.325 e. The monoisotopic (exact) mass is 340 g/mol. The minimum Gasteiger partial charge on any atom is -0.480 e. The van der Waals surface area contributed by atoms with Crippen molar-refractivity contribution in [2.75, 3.05) is 19.6 Å². The second kappa shape index (κ2) is 8.09. The van der Waals surface area contributed by atoms with E-state index in [0.29, 0.717) is 19.4 Å². The standard InChI is InChI=1S/C15H24N4O5/c1-9(15(23)24)18-14(22)11-5-3-7-19(11)12(20)8-17-13(21)10-4-2-6-16-10/h9-11,16H,2-8H2,1H3,(H,17,21)(H,18,22)(H,23,24). The van der Waals surface area contributed by atoms with Crippen molar-refractivity contribution < 1.29 is 24.3 Å². The fraction of sp³-hybridized carbons (Fsp3) is 0.733. The van der Waals surface area contributed by atoms with Gasteiger partial charge >= 0.3 is 5.97 Å². The number of carboxylic acid groups (broad SMARTS) is 1. The lowest BCUT2D eigenvalue weighted by molar-refractivity contribution is -0.143. The predicted octanol–water partition coefficient (Wildman–Crippen LogP) is -1.57. The molecule has 0 bridgehead atoms. The molecule has 2 saturated heterocycles. The highest BCUT2D eigenvalue weighted by Gasteiger charge is 2.35. The molecular weight excluding hydrogens is 316 g/mol. The van der Waals surface area contributed by atoms with Crippen LogP contribution in [0.2, 0.25) is 0 Å². The summed E-state index contributed by atoms with van der Waals surface area (Å²) in [5.41, 5.74) is 0. The number of likely N-dealkylation sites (tertiary alicyclic amines) is 1. The summed E-state index contributed by atoms with van der Waals surface area (Å²) in [5.74, 6) is -2.14. The molecule has 9 nitrogen and oxygen atoms in total. The minimum absolute atomic E-state index is 0.157. The summed E-state index contributed by atoms with van der Waals surface area (Å²) >= 11 is 0. The van der Waals surface area contributed by atoms with E-state index in [1.165, 1.54) is 11.8 Å². The van der Waals surface area contributed by atoms with E-state index in [-0.39, 0.29) is 24.4 Å². The Labute approximate surface area is 140 Å². The van der Waals surface area contributed by atoms with Gasteiger partial charge in [0.1, 0.15) is 12.1 Å². The largest absolute Gasteiger partial charge is 0.480 e. The van der Waals surface area contributed by atoms with Gasteiger partial charge in [0.05, 0.1) is 12.6 Å². The highest BCUT2D eigenvalue weighted by atomic mass is 16.4. The number of carbonyl (C=O) groups is 4. The van der Waals surface area contributed by atoms with Gasteiger partial charge in [-0.2, -0.15) is 0 Å². The van der Waals surface area contributed by atoms with Crippen LogP contribution in [-0.4, -0.2) is 71.5 Å². The van der Waals surface area contributed by atoms with Crippen LogP contribution in [0.25, 0.3) is 0 Å². The molecule has 0 aromatic heterocycles. The summed E-state index contributed by atoms with van der Waals surface area (Å²) < 4.78 is 0. The van der Waals surface area contributed by atoms with Gasteiger partial charge in [-0.05, 0) is 39.2 Å². The first kappa shape index (κ1) is 18.2. The van der Waals surface area contributed by atoms with Gasteiger partial charge in [-0.3, -0.25) is 19.2 Å². The van der Waals surface area contributed by atoms with Crippen molar-refractivity contribution in [3.63, 3.8) is 0 Å². The molecule has 0 aliphatic carbocycles. The van der Waals surface area contributed by atoms with Gasteiger partial charge in [0, 0.05) is 6.54 Å². The van der Waals surface area contributed by atoms with Crippen molar-refractivity contribution in [1.82, 2.24) is 20.9 Å². The van der Waals surface area contributed by atoms with Crippen molar-refractivity contribution in [1.29, 1.82) is 0 Å². The average molecular weight is 340 g/mol. The number of hydrogen-bond donors (Lipinski definition) is 4. The van der Waals surface area contributed by atoms with Crippen LogP contribution in [-0.2, 0) is 19.2 Å². The molecule has 9 heteroatoms. The molecule has 0 saturated carbocycles. The second-order valence-corrected chi connectivity index (χ2v) is 6.18. The van der Waals surface area contributed by atoms with Gasteiger partial charge < -0.3 is 26.0 Å². The lowest BCUT2D eigenvalue weighted by Crippen LogP contribution is -2.52. The smallest absolute Gasteiger partial charge is 0.325 e. The molecule has 2 heterocycles. The van der Waals surface area contributed by atoms with Crippen molar-refractivity contribution in [2.24, 2.45) is 0 Å². The van der Waals surface area contributed by atoms with Gasteiger partial charge in [-0.25, -0.2) is 0 Å². The van der Waals surface area contributed by atoms with E-state index in [0.717, 1.165) is 19.4 Å². The summed E-state index contributed by atoms with van der Waals surface area (Å²) in [4.78, 5) is 48.6. The van der Waals surface area contributed by atoms with Crippen molar-refractivity contribution in [3.8, 4) is 0 Å². The molecule has 2 rings (SSSR count). The van der Waals surface area contributed by atoms with Crippen LogP contribution in [0.3, 0.4) is 0 Å². The SMILES string of the molecule is CC(NC(=O)C1CCCN1C(=O)CNC(=O)C1CCCN1)C(=O)O. The second-order valence-electron chi connectivity index (χ2n) is 6.18. The molecule has 3 atom stereocenters. The fourth-order valence-corrected chi connectivity index (χ4v) is 3.00. The first-order valence-electron chi connectivity index (χ1n) is 8.24. The Morgan fingerprint density at radius 2 is 1.96 bits per heavy atom. The zero-order chi connectivity index (χ0) is 17.7. The molecule has 0 aromatic carbocycles. The molecule has 24 heavy (non-hydrogen) atoms. The van der Waals surface area contributed by atoms with Gasteiger partial charge in [-0.1, -0.05) is 0 Å². The number of hydrogen-bond acceptors (Lipinski definition) is 5. The fourth-order valence-electron chi connectivity index (χ4n) is 3.00. The van der Waals surface area contributed by atoms with E-state index in [2.05, 4.69) is 16.0 Å². The highest BCUT2D eigenvalue weighted by molar-refractivity contribution is 5.92. The third-order valence-corrected chi connectivity index (χ3v) is 4.40. The molecule has 3 unspecified atom stereocenters. The van der Waals surface area contributed by atoms with Crippen LogP contribution in [0.4, 0.5) is 0 Å². The van der Waals surface area contributed by atoms with E-state index in [1.54, 1.807) is 0 Å². The van der Waals surface area contributed by atoms with Crippen LogP contribution in [0.5, 0.6) is 0 Å². The Hall–Kier alpha value is -2.16. The quantitative estimate of drug-likeness (QED) is 0.463. The molecular formula is C15H24N4O5. The summed E-state index contributed by atoms with van der Waals surface area (Å²) in [5, 5.41) is 16.9. The first-order chi connectivity index (χ1) is 11.4. The van der Waals surface area contributed by atoms with Gasteiger partial charge in [0.2, 0.25) is 17.7 Å². The van der Waals surface area contributed by atoms with Crippen LogP contribution in [0, 0.1) is 0 Å². The Balaban J connectivity index is 1.84. The van der Waals surface area contributed by atoms with Crippen molar-refractivity contribution in [3.05, 3.63) is 0 Å². The van der Waals surface area contributed by atoms with E-state index in [1.807, 2.05) is 0 Å². The average Bonchev–Trinajstić information content (AvgIpc) is 3.22. The van der Waals surface area contributed by atoms with Crippen LogP contribution < -0.4 is 16.0 Å². The van der Waals surface area contributed by atoms with Crippen LogP contribution in [0.1, 0.15) is 32.6 Å². The van der Waals surface area contributed by atoms with E-state index in [9.17, 15) is 19.2 Å². The number of nitrogens with zero attached hydrogens (tertiary/aromatic N) is 1. The zero-order valence-corrected chi connectivity index (χ0v) is 13.7. The number of carbonyl (C=O) groups excluding carboxylic acids is 3. The number of nitrogens with one attached hydrogen (secondary N) is 3. The maximum absolute atomic E-state index is 12.3. The van der Waals surface area contributed by atoms with E-state index in [4.69, 9.17) is 5.11 Å².